The first-order valence-corrected chi connectivity index (χ1v) is 6.81. The fraction of sp³-hybridized carbons (Fsp3) is 0.400. The molecule has 0 spiro atoms. The zero-order valence-corrected chi connectivity index (χ0v) is 12.3. The number of nitrogens with two attached hydrogens (primary N) is 1. The third-order valence-electron chi connectivity index (χ3n) is 3.38. The van der Waals surface area contributed by atoms with Gasteiger partial charge < -0.3 is 5.73 Å². The van der Waals surface area contributed by atoms with Crippen LogP contribution >= 0.6 is 0 Å². The molecule has 0 heterocycles. The lowest BCUT2D eigenvalue weighted by Crippen LogP contribution is -2.44. The quantitative estimate of drug-likeness (QED) is 0.549. The van der Waals surface area contributed by atoms with Gasteiger partial charge in [0.15, 0.2) is 0 Å². The van der Waals surface area contributed by atoms with E-state index in [1.165, 1.54) is 0 Å². The molecule has 3 N–H and O–H groups in total. The molecular weight excluding hydrogens is 270 g/mol. The van der Waals surface area contributed by atoms with Crippen LogP contribution in [0.25, 0.3) is 0 Å². The molecule has 6 heteroatoms. The summed E-state index contributed by atoms with van der Waals surface area (Å²) in [5.41, 5.74) is 7.62. The molecule has 1 aromatic carbocycles. The van der Waals surface area contributed by atoms with Crippen molar-refractivity contribution in [3.63, 3.8) is 0 Å². The number of amides is 2. The van der Waals surface area contributed by atoms with Gasteiger partial charge in [0.25, 0.3) is 0 Å². The van der Waals surface area contributed by atoms with Crippen LogP contribution in [0.15, 0.2) is 18.2 Å². The van der Waals surface area contributed by atoms with E-state index in [1.54, 1.807) is 30.1 Å². The first kappa shape index (κ1) is 16.8. The molecule has 2 amide bonds. The molecule has 1 rings (SSSR count). The topological polar surface area (TPSA) is 92.5 Å². The van der Waals surface area contributed by atoms with Crippen molar-refractivity contribution >= 4 is 24.3 Å². The highest BCUT2D eigenvalue weighted by molar-refractivity contribution is 5.90. The Morgan fingerprint density at radius 3 is 2.71 bits per heavy atom. The number of imide groups is 1. The first-order valence-electron chi connectivity index (χ1n) is 6.81. The fourth-order valence-electron chi connectivity index (χ4n) is 2.26. The summed E-state index contributed by atoms with van der Waals surface area (Å²) >= 11 is 0. The third-order valence-corrected chi connectivity index (χ3v) is 3.38. The van der Waals surface area contributed by atoms with E-state index in [9.17, 15) is 14.4 Å². The van der Waals surface area contributed by atoms with Gasteiger partial charge in [-0.15, -0.1) is 0 Å². The number of rotatable bonds is 8. The van der Waals surface area contributed by atoms with Gasteiger partial charge in [0, 0.05) is 17.8 Å². The highest BCUT2D eigenvalue weighted by Gasteiger charge is 2.23. The Morgan fingerprint density at radius 2 is 2.14 bits per heavy atom. The maximum Gasteiger partial charge on any atom is 0.243 e. The number of anilines is 1. The summed E-state index contributed by atoms with van der Waals surface area (Å²) in [5, 5.41) is 2.18. The molecule has 1 aromatic rings. The van der Waals surface area contributed by atoms with Gasteiger partial charge in [-0.2, -0.15) is 0 Å². The highest BCUT2D eigenvalue weighted by Crippen LogP contribution is 2.19. The highest BCUT2D eigenvalue weighted by atomic mass is 16.2. The summed E-state index contributed by atoms with van der Waals surface area (Å²) < 4.78 is 0. The number of benzene rings is 1. The number of hydrogen-bond acceptors (Lipinski definition) is 5. The predicted octanol–water partition coefficient (Wildman–Crippen LogP) is 0.954. The van der Waals surface area contributed by atoms with E-state index in [4.69, 9.17) is 5.73 Å². The maximum atomic E-state index is 11.9. The predicted molar refractivity (Wildman–Crippen MR) is 80.6 cm³/mol. The average Bonchev–Trinajstić information content (AvgIpc) is 2.46. The SMILES string of the molecule is CCCC(C(=O)NC=O)N(C)Cc1c(N)cccc1C=O. The summed E-state index contributed by atoms with van der Waals surface area (Å²) in [4.78, 5) is 35.2. The van der Waals surface area contributed by atoms with Crippen LogP contribution in [-0.4, -0.2) is 36.6 Å². The molecule has 1 atom stereocenters. The van der Waals surface area contributed by atoms with Gasteiger partial charge in [0.1, 0.15) is 6.29 Å². The second kappa shape index (κ2) is 8.16. The summed E-state index contributed by atoms with van der Waals surface area (Å²) in [7, 11) is 1.77. The van der Waals surface area contributed by atoms with Crippen molar-refractivity contribution in [3.05, 3.63) is 29.3 Å². The molecule has 0 aliphatic heterocycles. The van der Waals surface area contributed by atoms with Crippen molar-refractivity contribution in [2.75, 3.05) is 12.8 Å². The lowest BCUT2D eigenvalue weighted by Gasteiger charge is -2.27. The van der Waals surface area contributed by atoms with Crippen molar-refractivity contribution in [1.82, 2.24) is 10.2 Å². The fourth-order valence-corrected chi connectivity index (χ4v) is 2.26. The Bertz CT molecular complexity index is 517. The number of hydrogen-bond donors (Lipinski definition) is 2. The Kier molecular flexibility index (Phi) is 6.55. The Labute approximate surface area is 124 Å². The van der Waals surface area contributed by atoms with Gasteiger partial charge in [-0.1, -0.05) is 25.5 Å². The van der Waals surface area contributed by atoms with Crippen LogP contribution in [-0.2, 0) is 16.1 Å². The molecule has 0 saturated carbocycles. The van der Waals surface area contributed by atoms with E-state index >= 15 is 0 Å². The first-order chi connectivity index (χ1) is 10.0. The summed E-state index contributed by atoms with van der Waals surface area (Å²) in [5.74, 6) is -0.350. The van der Waals surface area contributed by atoms with Gasteiger partial charge in [0.05, 0.1) is 6.04 Å². The van der Waals surface area contributed by atoms with Gasteiger partial charge in [-0.05, 0) is 25.1 Å². The molecule has 114 valence electrons. The van der Waals surface area contributed by atoms with Crippen molar-refractivity contribution in [3.8, 4) is 0 Å². The number of likely N-dealkylation sites (N-methyl/N-ethyl adjacent to an activating group) is 1. The monoisotopic (exact) mass is 291 g/mol. The third kappa shape index (κ3) is 4.39. The Morgan fingerprint density at radius 1 is 1.43 bits per heavy atom. The summed E-state index contributed by atoms with van der Waals surface area (Å²) in [6.45, 7) is 2.32. The zero-order chi connectivity index (χ0) is 15.8. The maximum absolute atomic E-state index is 11.9. The number of nitrogens with one attached hydrogen (secondary N) is 1. The van der Waals surface area contributed by atoms with Crippen LogP contribution in [0.2, 0.25) is 0 Å². The van der Waals surface area contributed by atoms with Crippen LogP contribution in [0, 0.1) is 0 Å². The zero-order valence-electron chi connectivity index (χ0n) is 12.3. The Balaban J connectivity index is 2.96. The molecule has 21 heavy (non-hydrogen) atoms. The minimum Gasteiger partial charge on any atom is -0.398 e. The van der Waals surface area contributed by atoms with Crippen LogP contribution in [0.3, 0.4) is 0 Å². The number of nitrogen functional groups attached to an aromatic ring is 1. The minimum atomic E-state index is -0.445. The number of carbonyl (C=O) groups excluding carboxylic acids is 3. The van der Waals surface area contributed by atoms with E-state index < -0.39 is 6.04 Å². The molecule has 0 aliphatic rings. The van der Waals surface area contributed by atoms with Gasteiger partial charge >= 0.3 is 0 Å². The van der Waals surface area contributed by atoms with E-state index in [1.807, 2.05) is 6.92 Å². The lowest BCUT2D eigenvalue weighted by atomic mass is 10.0. The second-order valence-electron chi connectivity index (χ2n) is 4.88. The van der Waals surface area contributed by atoms with Crippen molar-refractivity contribution in [2.24, 2.45) is 0 Å². The minimum absolute atomic E-state index is 0.350. The lowest BCUT2D eigenvalue weighted by molar-refractivity contribution is -0.129. The number of nitrogens with zero attached hydrogens (tertiary/aromatic N) is 1. The molecule has 1 unspecified atom stereocenters. The molecule has 0 bridgehead atoms. The van der Waals surface area contributed by atoms with Crippen LogP contribution in [0.1, 0.15) is 35.7 Å². The average molecular weight is 291 g/mol. The second-order valence-corrected chi connectivity index (χ2v) is 4.88. The largest absolute Gasteiger partial charge is 0.398 e. The number of aldehydes is 1. The smallest absolute Gasteiger partial charge is 0.243 e. The van der Waals surface area contributed by atoms with Crippen molar-refractivity contribution in [2.45, 2.75) is 32.4 Å². The summed E-state index contributed by atoms with van der Waals surface area (Å²) in [6.07, 6.45) is 2.54. The van der Waals surface area contributed by atoms with Crippen LogP contribution in [0.4, 0.5) is 5.69 Å². The Hall–Kier alpha value is -2.21. The molecule has 6 nitrogen and oxygen atoms in total. The van der Waals surface area contributed by atoms with Gasteiger partial charge in [0.2, 0.25) is 12.3 Å². The molecular formula is C15H21N3O3. The molecule has 0 saturated heterocycles. The van der Waals surface area contributed by atoms with Crippen molar-refractivity contribution in [1.29, 1.82) is 0 Å². The standard InChI is InChI=1S/C15H21N3O3/c1-3-5-14(15(21)17-10-20)18(2)8-12-11(9-19)6-4-7-13(12)16/h4,6-7,9-10,14H,3,5,8,16H2,1-2H3,(H,17,20,21). The van der Waals surface area contributed by atoms with E-state index in [0.29, 0.717) is 36.2 Å². The van der Waals surface area contributed by atoms with Crippen LogP contribution in [0.5, 0.6) is 0 Å². The summed E-state index contributed by atoms with van der Waals surface area (Å²) in [6, 6.07) is 4.67. The van der Waals surface area contributed by atoms with E-state index in [-0.39, 0.29) is 5.91 Å². The van der Waals surface area contributed by atoms with Gasteiger partial charge in [-0.25, -0.2) is 0 Å². The molecule has 0 aliphatic carbocycles. The van der Waals surface area contributed by atoms with E-state index in [2.05, 4.69) is 5.32 Å². The molecule has 0 fully saturated rings. The van der Waals surface area contributed by atoms with Crippen LogP contribution < -0.4 is 11.1 Å². The van der Waals surface area contributed by atoms with Crippen molar-refractivity contribution < 1.29 is 14.4 Å². The number of carbonyl (C=O) groups is 3. The molecule has 0 aromatic heterocycles. The molecule has 0 radical (unpaired) electrons. The van der Waals surface area contributed by atoms with Gasteiger partial charge in [-0.3, -0.25) is 24.6 Å². The normalized spacial score (nSPS) is 12.0. The van der Waals surface area contributed by atoms with E-state index in [0.717, 1.165) is 12.7 Å².